The Balaban J connectivity index is 2.74. The second-order valence-electron chi connectivity index (χ2n) is 16.9. The monoisotopic (exact) mass is 826 g/mol. The molecule has 0 aliphatic carbocycles. The molecule has 1 aliphatic rings. The molecule has 12 heteroatoms. The molecular weight excluding hydrogens is 739 g/mol. The summed E-state index contributed by atoms with van der Waals surface area (Å²) >= 11 is 0. The number of aliphatic hydroxyl groups excluding tert-OH is 3. The van der Waals surface area contributed by atoms with Crippen LogP contribution in [0.25, 0.3) is 0 Å². The number of ether oxygens (including phenoxy) is 1. The summed E-state index contributed by atoms with van der Waals surface area (Å²) in [5, 5.41) is 46.1. The fraction of sp³-hybridized carbons (Fsp3) is 0.913. The molecule has 3 amide bonds. The van der Waals surface area contributed by atoms with Crippen molar-refractivity contribution in [3.05, 3.63) is 0 Å². The van der Waals surface area contributed by atoms with Gasteiger partial charge in [-0.3, -0.25) is 19.2 Å². The average molecular weight is 826 g/mol. The number of aliphatic carboxylic acids is 1. The highest BCUT2D eigenvalue weighted by molar-refractivity contribution is 5.85. The van der Waals surface area contributed by atoms with Crippen LogP contribution in [0, 0.1) is 0 Å². The number of carboxylic acid groups (broad SMARTS) is 1. The van der Waals surface area contributed by atoms with Crippen molar-refractivity contribution in [1.82, 2.24) is 15.5 Å². The van der Waals surface area contributed by atoms with E-state index in [1.54, 1.807) is 4.90 Å². The zero-order chi connectivity index (χ0) is 42.6. The summed E-state index contributed by atoms with van der Waals surface area (Å²) in [6, 6.07) is -1.18. The first-order valence-electron chi connectivity index (χ1n) is 23.9. The number of unbranched alkanes of at least 4 members (excludes halogenated alkanes) is 26. The number of carbonyl (C=O) groups excluding carboxylic acids is 3. The molecule has 1 heterocycles. The van der Waals surface area contributed by atoms with Gasteiger partial charge in [0.1, 0.15) is 24.4 Å². The molecule has 1 fully saturated rings. The lowest BCUT2D eigenvalue weighted by atomic mass is 9.94. The molecule has 0 spiro atoms. The van der Waals surface area contributed by atoms with Gasteiger partial charge in [-0.25, -0.2) is 0 Å². The van der Waals surface area contributed by atoms with Gasteiger partial charge in [-0.2, -0.15) is 0 Å². The third kappa shape index (κ3) is 26.7. The highest BCUT2D eigenvalue weighted by Crippen LogP contribution is 2.26. The van der Waals surface area contributed by atoms with Crippen LogP contribution in [0.2, 0.25) is 0 Å². The zero-order valence-electron chi connectivity index (χ0n) is 36.9. The number of amides is 3. The number of hydrogen-bond donors (Lipinski definition) is 6. The van der Waals surface area contributed by atoms with E-state index in [-0.39, 0.29) is 31.2 Å². The Labute approximate surface area is 352 Å². The Morgan fingerprint density at radius 1 is 0.534 bits per heavy atom. The lowest BCUT2D eigenvalue weighted by Crippen LogP contribution is -2.69. The molecule has 6 N–H and O–H groups in total. The Morgan fingerprint density at radius 2 is 0.948 bits per heavy atom. The van der Waals surface area contributed by atoms with Crippen LogP contribution in [0.1, 0.15) is 219 Å². The first-order valence-corrected chi connectivity index (χ1v) is 23.9. The number of carbonyl (C=O) groups is 4. The second kappa shape index (κ2) is 36.6. The van der Waals surface area contributed by atoms with Crippen molar-refractivity contribution in [3.8, 4) is 0 Å². The number of rotatable bonds is 39. The van der Waals surface area contributed by atoms with Gasteiger partial charge in [0.2, 0.25) is 17.7 Å². The van der Waals surface area contributed by atoms with Crippen LogP contribution >= 0.6 is 0 Å². The van der Waals surface area contributed by atoms with Gasteiger partial charge in [-0.05, 0) is 25.7 Å². The Bertz CT molecular complexity index is 1050. The van der Waals surface area contributed by atoms with E-state index >= 15 is 0 Å². The molecule has 340 valence electrons. The van der Waals surface area contributed by atoms with E-state index < -0.39 is 49.1 Å². The Kier molecular flexibility index (Phi) is 33.9. The van der Waals surface area contributed by atoms with Crippen molar-refractivity contribution in [2.24, 2.45) is 0 Å². The van der Waals surface area contributed by atoms with Crippen molar-refractivity contribution in [2.45, 2.75) is 250 Å². The minimum atomic E-state index is -1.52. The van der Waals surface area contributed by atoms with Crippen LogP contribution in [-0.4, -0.2) is 99.3 Å². The number of nitrogens with one attached hydrogen (secondary N) is 2. The number of aliphatic hydroxyl groups is 3. The maximum Gasteiger partial charge on any atom is 0.303 e. The zero-order valence-corrected chi connectivity index (χ0v) is 36.9. The van der Waals surface area contributed by atoms with Crippen LogP contribution in [0.3, 0.4) is 0 Å². The highest BCUT2D eigenvalue weighted by Gasteiger charge is 2.48. The smallest absolute Gasteiger partial charge is 0.303 e. The van der Waals surface area contributed by atoms with Crippen molar-refractivity contribution in [3.63, 3.8) is 0 Å². The third-order valence-corrected chi connectivity index (χ3v) is 11.6. The topological polar surface area (TPSA) is 186 Å². The van der Waals surface area contributed by atoms with Crippen molar-refractivity contribution >= 4 is 23.7 Å². The minimum absolute atomic E-state index is 0.0969. The van der Waals surface area contributed by atoms with Gasteiger partial charge in [-0.15, -0.1) is 0 Å². The largest absolute Gasteiger partial charge is 0.481 e. The summed E-state index contributed by atoms with van der Waals surface area (Å²) in [5.41, 5.74) is 0. The molecule has 1 rings (SSSR count). The van der Waals surface area contributed by atoms with Crippen molar-refractivity contribution < 1.29 is 44.3 Å². The SMILES string of the molecule is CCCCCCCCCCCCCCCCCC(=O)N(CCCCCCCCCCCC)[C@@H]1O[C@H](CO)[C@@H](O)[C@H](O)[C@H]1NC(=O)CNC(=O)CCCCCCC(=O)O. The molecule has 0 aromatic heterocycles. The Hall–Kier alpha value is -2.28. The summed E-state index contributed by atoms with van der Waals surface area (Å²) < 4.78 is 6.12. The van der Waals surface area contributed by atoms with Crippen molar-refractivity contribution in [2.75, 3.05) is 19.7 Å². The van der Waals surface area contributed by atoms with E-state index in [2.05, 4.69) is 24.5 Å². The van der Waals surface area contributed by atoms with Gasteiger partial charge in [0.15, 0.2) is 6.23 Å². The summed E-state index contributed by atoms with van der Waals surface area (Å²) in [4.78, 5) is 51.7. The number of hydrogen-bond acceptors (Lipinski definition) is 8. The minimum Gasteiger partial charge on any atom is -0.481 e. The average Bonchev–Trinajstić information content (AvgIpc) is 3.21. The molecule has 1 saturated heterocycles. The molecule has 0 aromatic rings. The molecule has 0 saturated carbocycles. The lowest BCUT2D eigenvalue weighted by Gasteiger charge is -2.47. The standard InChI is InChI=1S/C46H87N3O9/c1-3-5-7-9-11-13-15-16-17-18-19-20-22-24-29-33-41(53)49(35-31-27-23-21-14-12-10-8-6-4-2)46-43(45(57)44(56)38(37-50)58-46)48-40(52)36-47-39(51)32-28-25-26-30-34-42(54)55/h38,43-46,50,56-57H,3-37H2,1-2H3,(H,47,51)(H,48,52)(H,54,55)/t38-,43-,44-,45-,46-/m1/s1. The fourth-order valence-electron chi connectivity index (χ4n) is 7.89. The van der Waals surface area contributed by atoms with E-state index in [4.69, 9.17) is 9.84 Å². The Morgan fingerprint density at radius 3 is 1.40 bits per heavy atom. The summed E-state index contributed by atoms with van der Waals surface area (Å²) in [6.45, 7) is 3.90. The molecule has 0 unspecified atom stereocenters. The van der Waals surface area contributed by atoms with E-state index in [0.717, 1.165) is 51.4 Å². The summed E-state index contributed by atoms with van der Waals surface area (Å²) in [6.07, 6.45) is 27.5. The summed E-state index contributed by atoms with van der Waals surface area (Å²) in [5.74, 6) is -1.92. The number of nitrogens with zero attached hydrogens (tertiary/aromatic N) is 1. The fourth-order valence-corrected chi connectivity index (χ4v) is 7.89. The van der Waals surface area contributed by atoms with Gasteiger partial charge in [0.25, 0.3) is 0 Å². The normalized spacial score (nSPS) is 19.2. The number of carboxylic acids is 1. The predicted octanol–water partition coefficient (Wildman–Crippen LogP) is 8.46. The molecule has 58 heavy (non-hydrogen) atoms. The molecule has 12 nitrogen and oxygen atoms in total. The van der Waals surface area contributed by atoms with Crippen LogP contribution in [-0.2, 0) is 23.9 Å². The molecule has 0 bridgehead atoms. The van der Waals surface area contributed by atoms with Crippen LogP contribution < -0.4 is 10.6 Å². The predicted molar refractivity (Wildman–Crippen MR) is 231 cm³/mol. The van der Waals surface area contributed by atoms with Gasteiger partial charge in [0, 0.05) is 25.8 Å². The van der Waals surface area contributed by atoms with Crippen LogP contribution in [0.4, 0.5) is 0 Å². The van der Waals surface area contributed by atoms with Crippen molar-refractivity contribution in [1.29, 1.82) is 0 Å². The van der Waals surface area contributed by atoms with E-state index in [0.29, 0.717) is 38.6 Å². The van der Waals surface area contributed by atoms with Gasteiger partial charge < -0.3 is 40.7 Å². The summed E-state index contributed by atoms with van der Waals surface area (Å²) in [7, 11) is 0. The lowest BCUT2D eigenvalue weighted by molar-refractivity contribution is -0.231. The maximum atomic E-state index is 13.9. The molecule has 0 radical (unpaired) electrons. The molecule has 5 atom stereocenters. The quantitative estimate of drug-likeness (QED) is 0.0331. The molecule has 1 aliphatic heterocycles. The first kappa shape index (κ1) is 53.7. The molecule has 0 aromatic carbocycles. The third-order valence-electron chi connectivity index (χ3n) is 11.6. The van der Waals surface area contributed by atoms with Crippen LogP contribution in [0.5, 0.6) is 0 Å². The van der Waals surface area contributed by atoms with E-state index in [9.17, 15) is 34.5 Å². The van der Waals surface area contributed by atoms with E-state index in [1.807, 2.05) is 0 Å². The first-order chi connectivity index (χ1) is 28.2. The van der Waals surface area contributed by atoms with Crippen LogP contribution in [0.15, 0.2) is 0 Å². The molecular formula is C46H87N3O9. The maximum absolute atomic E-state index is 13.9. The van der Waals surface area contributed by atoms with Gasteiger partial charge in [0.05, 0.1) is 13.2 Å². The van der Waals surface area contributed by atoms with E-state index in [1.165, 1.54) is 109 Å². The highest BCUT2D eigenvalue weighted by atomic mass is 16.5. The van der Waals surface area contributed by atoms with Gasteiger partial charge in [-0.1, -0.05) is 174 Å². The van der Waals surface area contributed by atoms with Gasteiger partial charge >= 0.3 is 5.97 Å². The second-order valence-corrected chi connectivity index (χ2v) is 16.9.